The lowest BCUT2D eigenvalue weighted by atomic mass is 10.1. The summed E-state index contributed by atoms with van der Waals surface area (Å²) in [7, 11) is 1.93. The smallest absolute Gasteiger partial charge is 0.156 e. The molecule has 0 unspecified atom stereocenters. The molecule has 0 aliphatic carbocycles. The minimum atomic E-state index is -0.712. The zero-order chi connectivity index (χ0) is 13.8. The number of benzene rings is 1. The van der Waals surface area contributed by atoms with E-state index in [1.54, 1.807) is 32.0 Å². The Morgan fingerprint density at radius 2 is 1.83 bits per heavy atom. The van der Waals surface area contributed by atoms with Gasteiger partial charge >= 0.3 is 0 Å². The molecule has 1 aromatic carbocycles. The van der Waals surface area contributed by atoms with E-state index in [1.807, 2.05) is 11.9 Å². The third-order valence-electron chi connectivity index (χ3n) is 2.30. The molecule has 0 heterocycles. The van der Waals surface area contributed by atoms with Crippen LogP contribution in [0.15, 0.2) is 18.2 Å². The van der Waals surface area contributed by atoms with Gasteiger partial charge in [-0.25, -0.2) is 0 Å². The van der Waals surface area contributed by atoms with Crippen LogP contribution in [0.1, 0.15) is 13.8 Å². The van der Waals surface area contributed by atoms with E-state index in [0.29, 0.717) is 35.5 Å². The van der Waals surface area contributed by atoms with Crippen molar-refractivity contribution in [2.24, 2.45) is 0 Å². The molecule has 18 heavy (non-hydrogen) atoms. The van der Waals surface area contributed by atoms with Crippen molar-refractivity contribution < 1.29 is 9.84 Å². The van der Waals surface area contributed by atoms with Crippen molar-refractivity contribution in [1.29, 1.82) is 0 Å². The molecule has 0 bridgehead atoms. The maximum Gasteiger partial charge on any atom is 0.156 e. The number of nitrogens with zero attached hydrogens (tertiary/aromatic N) is 1. The molecule has 0 saturated carbocycles. The number of rotatable bonds is 6. The summed E-state index contributed by atoms with van der Waals surface area (Å²) < 4.78 is 5.57. The van der Waals surface area contributed by atoms with Crippen LogP contribution in [0.4, 0.5) is 0 Å². The summed E-state index contributed by atoms with van der Waals surface area (Å²) in [5, 5.41) is 10.7. The van der Waals surface area contributed by atoms with E-state index in [2.05, 4.69) is 0 Å². The molecule has 1 N–H and O–H groups in total. The predicted molar refractivity (Wildman–Crippen MR) is 75.8 cm³/mol. The van der Waals surface area contributed by atoms with Crippen LogP contribution in [0.25, 0.3) is 0 Å². The van der Waals surface area contributed by atoms with E-state index in [-0.39, 0.29) is 0 Å². The highest BCUT2D eigenvalue weighted by molar-refractivity contribution is 6.37. The Bertz CT molecular complexity index is 371. The molecular formula is C13H19Cl2NO2. The van der Waals surface area contributed by atoms with Gasteiger partial charge in [-0.15, -0.1) is 0 Å². The van der Waals surface area contributed by atoms with Crippen molar-refractivity contribution in [3.8, 4) is 5.75 Å². The van der Waals surface area contributed by atoms with Gasteiger partial charge in [-0.3, -0.25) is 0 Å². The first-order valence-corrected chi connectivity index (χ1v) is 6.53. The Morgan fingerprint density at radius 3 is 2.33 bits per heavy atom. The normalized spacial score (nSPS) is 11.9. The Hall–Kier alpha value is -0.480. The molecule has 102 valence electrons. The van der Waals surface area contributed by atoms with Gasteiger partial charge < -0.3 is 14.7 Å². The molecule has 0 spiro atoms. The third-order valence-corrected chi connectivity index (χ3v) is 2.89. The zero-order valence-corrected chi connectivity index (χ0v) is 12.4. The number of halogens is 2. The lowest BCUT2D eigenvalue weighted by Crippen LogP contribution is -2.38. The van der Waals surface area contributed by atoms with Crippen LogP contribution in [0, 0.1) is 0 Å². The highest BCUT2D eigenvalue weighted by atomic mass is 35.5. The summed E-state index contributed by atoms with van der Waals surface area (Å²) in [5.74, 6) is 0.512. The van der Waals surface area contributed by atoms with Gasteiger partial charge in [0.15, 0.2) is 5.75 Å². The van der Waals surface area contributed by atoms with Crippen molar-refractivity contribution in [1.82, 2.24) is 4.90 Å². The Balaban J connectivity index is 2.42. The fourth-order valence-corrected chi connectivity index (χ4v) is 2.17. The number of likely N-dealkylation sites (N-methyl/N-ethyl adjacent to an activating group) is 1. The number of para-hydroxylation sites is 1. The maximum atomic E-state index is 9.67. The molecule has 1 aromatic rings. The zero-order valence-electron chi connectivity index (χ0n) is 10.9. The van der Waals surface area contributed by atoms with Crippen LogP contribution in [-0.4, -0.2) is 42.4 Å². The maximum absolute atomic E-state index is 9.67. The largest absolute Gasteiger partial charge is 0.489 e. The van der Waals surface area contributed by atoms with Gasteiger partial charge in [0.1, 0.15) is 6.61 Å². The summed E-state index contributed by atoms with van der Waals surface area (Å²) in [6.07, 6.45) is 0. The molecule has 1 rings (SSSR count). The summed E-state index contributed by atoms with van der Waals surface area (Å²) >= 11 is 12.0. The number of ether oxygens (including phenoxy) is 1. The van der Waals surface area contributed by atoms with E-state index < -0.39 is 5.60 Å². The predicted octanol–water partition coefficient (Wildman–Crippen LogP) is 3.07. The Morgan fingerprint density at radius 1 is 1.28 bits per heavy atom. The summed E-state index contributed by atoms with van der Waals surface area (Å²) in [4.78, 5) is 1.99. The monoisotopic (exact) mass is 291 g/mol. The van der Waals surface area contributed by atoms with Gasteiger partial charge in [0.05, 0.1) is 15.6 Å². The molecule has 5 heteroatoms. The van der Waals surface area contributed by atoms with Gasteiger partial charge in [-0.05, 0) is 33.0 Å². The topological polar surface area (TPSA) is 32.7 Å². The van der Waals surface area contributed by atoms with E-state index in [1.165, 1.54) is 0 Å². The van der Waals surface area contributed by atoms with E-state index >= 15 is 0 Å². The van der Waals surface area contributed by atoms with Crippen LogP contribution in [-0.2, 0) is 0 Å². The molecule has 0 aliphatic rings. The van der Waals surface area contributed by atoms with Crippen molar-refractivity contribution in [2.45, 2.75) is 19.4 Å². The minimum Gasteiger partial charge on any atom is -0.489 e. The highest BCUT2D eigenvalue weighted by Gasteiger charge is 2.15. The third kappa shape index (κ3) is 5.44. The first-order chi connectivity index (χ1) is 8.29. The molecule has 3 nitrogen and oxygen atoms in total. The van der Waals surface area contributed by atoms with Crippen molar-refractivity contribution in [2.75, 3.05) is 26.7 Å². The molecule has 0 saturated heterocycles. The van der Waals surface area contributed by atoms with Crippen molar-refractivity contribution in [3.05, 3.63) is 28.2 Å². The summed E-state index contributed by atoms with van der Waals surface area (Å²) in [6, 6.07) is 5.25. The number of hydrogen-bond donors (Lipinski definition) is 1. The summed E-state index contributed by atoms with van der Waals surface area (Å²) in [5.41, 5.74) is -0.712. The second-order valence-electron chi connectivity index (χ2n) is 4.95. The molecule has 0 amide bonds. The van der Waals surface area contributed by atoms with Gasteiger partial charge in [-0.1, -0.05) is 29.3 Å². The summed E-state index contributed by atoms with van der Waals surface area (Å²) in [6.45, 7) is 5.28. The molecule has 0 fully saturated rings. The number of aliphatic hydroxyl groups is 1. The van der Waals surface area contributed by atoms with Gasteiger partial charge in [-0.2, -0.15) is 0 Å². The molecule has 0 aromatic heterocycles. The average molecular weight is 292 g/mol. The van der Waals surface area contributed by atoms with Crippen molar-refractivity contribution in [3.63, 3.8) is 0 Å². The van der Waals surface area contributed by atoms with E-state index in [9.17, 15) is 5.11 Å². The van der Waals surface area contributed by atoms with Crippen LogP contribution < -0.4 is 4.74 Å². The lowest BCUT2D eigenvalue weighted by Gasteiger charge is -2.25. The Kier molecular flexibility index (Phi) is 5.73. The average Bonchev–Trinajstić information content (AvgIpc) is 2.19. The molecular weight excluding hydrogens is 273 g/mol. The lowest BCUT2D eigenvalue weighted by molar-refractivity contribution is 0.0411. The van der Waals surface area contributed by atoms with Gasteiger partial charge in [0.25, 0.3) is 0 Å². The van der Waals surface area contributed by atoms with Gasteiger partial charge in [0, 0.05) is 13.1 Å². The highest BCUT2D eigenvalue weighted by Crippen LogP contribution is 2.32. The Labute approximate surface area is 118 Å². The molecule has 0 atom stereocenters. The fourth-order valence-electron chi connectivity index (χ4n) is 1.66. The molecule has 0 aliphatic heterocycles. The minimum absolute atomic E-state index is 0.468. The quantitative estimate of drug-likeness (QED) is 0.874. The second kappa shape index (κ2) is 6.62. The van der Waals surface area contributed by atoms with Crippen LogP contribution >= 0.6 is 23.2 Å². The SMILES string of the molecule is CN(CCOc1c(Cl)cccc1Cl)CC(C)(C)O. The van der Waals surface area contributed by atoms with Gasteiger partial charge in [0.2, 0.25) is 0 Å². The van der Waals surface area contributed by atoms with E-state index in [4.69, 9.17) is 27.9 Å². The van der Waals surface area contributed by atoms with Crippen LogP contribution in [0.2, 0.25) is 10.0 Å². The van der Waals surface area contributed by atoms with Crippen LogP contribution in [0.5, 0.6) is 5.75 Å². The first kappa shape index (κ1) is 15.6. The van der Waals surface area contributed by atoms with Crippen LogP contribution in [0.3, 0.4) is 0 Å². The first-order valence-electron chi connectivity index (χ1n) is 5.77. The molecule has 0 radical (unpaired) electrons. The van der Waals surface area contributed by atoms with E-state index in [0.717, 1.165) is 0 Å². The fraction of sp³-hybridized carbons (Fsp3) is 0.538. The standard InChI is InChI=1S/C13H19Cl2NO2/c1-13(2,17)9-16(3)7-8-18-12-10(14)5-4-6-11(12)15/h4-6,17H,7-9H2,1-3H3. The number of hydrogen-bond acceptors (Lipinski definition) is 3. The second-order valence-corrected chi connectivity index (χ2v) is 5.76. The van der Waals surface area contributed by atoms with Crippen molar-refractivity contribution >= 4 is 23.2 Å².